The molecule has 1 atom stereocenters. The Kier molecular flexibility index (Phi) is 8.34. The quantitative estimate of drug-likeness (QED) is 0.322. The molecule has 19 heavy (non-hydrogen) atoms. The van der Waals surface area contributed by atoms with Crippen molar-refractivity contribution in [3.8, 4) is 0 Å². The van der Waals surface area contributed by atoms with E-state index >= 15 is 0 Å². The number of hydrogen-bond donors (Lipinski definition) is 1. The van der Waals surface area contributed by atoms with Crippen LogP contribution in [-0.2, 0) is 16.1 Å². The SMILES string of the molecule is C/C=C/C[C@H](COCc1ccccc1)OC/C=N/O. The van der Waals surface area contributed by atoms with E-state index in [2.05, 4.69) is 5.16 Å². The van der Waals surface area contributed by atoms with Crippen LogP contribution in [0.4, 0.5) is 0 Å². The summed E-state index contributed by atoms with van der Waals surface area (Å²) in [5, 5.41) is 11.2. The molecule has 0 saturated carbocycles. The molecule has 0 unspecified atom stereocenters. The van der Waals surface area contributed by atoms with Crippen LogP contribution in [-0.4, -0.2) is 30.7 Å². The zero-order chi connectivity index (χ0) is 13.8. The van der Waals surface area contributed by atoms with Gasteiger partial charge in [-0.05, 0) is 18.9 Å². The van der Waals surface area contributed by atoms with Gasteiger partial charge in [-0.25, -0.2) is 0 Å². The van der Waals surface area contributed by atoms with Gasteiger partial charge in [0.15, 0.2) is 0 Å². The van der Waals surface area contributed by atoms with Crippen LogP contribution < -0.4 is 0 Å². The summed E-state index contributed by atoms with van der Waals surface area (Å²) in [4.78, 5) is 0. The molecule has 0 spiro atoms. The minimum absolute atomic E-state index is 0.0297. The van der Waals surface area contributed by atoms with Crippen molar-refractivity contribution in [3.05, 3.63) is 48.0 Å². The lowest BCUT2D eigenvalue weighted by Gasteiger charge is -2.15. The average Bonchev–Trinajstić information content (AvgIpc) is 2.45. The van der Waals surface area contributed by atoms with Gasteiger partial charge in [-0.2, -0.15) is 0 Å². The Balaban J connectivity index is 2.30. The van der Waals surface area contributed by atoms with Crippen molar-refractivity contribution < 1.29 is 14.7 Å². The minimum atomic E-state index is -0.0297. The molecule has 0 fully saturated rings. The summed E-state index contributed by atoms with van der Waals surface area (Å²) in [6, 6.07) is 10.0. The maximum absolute atomic E-state index is 8.32. The zero-order valence-electron chi connectivity index (χ0n) is 11.2. The van der Waals surface area contributed by atoms with Crippen molar-refractivity contribution >= 4 is 6.21 Å². The molecule has 0 saturated heterocycles. The number of allylic oxidation sites excluding steroid dienone is 1. The number of oxime groups is 1. The Labute approximate surface area is 114 Å². The number of hydrogen-bond acceptors (Lipinski definition) is 4. The van der Waals surface area contributed by atoms with Crippen molar-refractivity contribution in [1.29, 1.82) is 0 Å². The third-order valence-electron chi connectivity index (χ3n) is 2.54. The monoisotopic (exact) mass is 263 g/mol. The maximum Gasteiger partial charge on any atom is 0.0857 e. The number of benzene rings is 1. The van der Waals surface area contributed by atoms with E-state index in [9.17, 15) is 0 Å². The second-order valence-electron chi connectivity index (χ2n) is 4.06. The van der Waals surface area contributed by atoms with Gasteiger partial charge in [0.25, 0.3) is 0 Å². The molecule has 0 aromatic heterocycles. The average molecular weight is 263 g/mol. The predicted molar refractivity (Wildman–Crippen MR) is 75.5 cm³/mol. The van der Waals surface area contributed by atoms with Gasteiger partial charge in [-0.3, -0.25) is 0 Å². The summed E-state index contributed by atoms with van der Waals surface area (Å²) in [7, 11) is 0. The van der Waals surface area contributed by atoms with Crippen molar-refractivity contribution in [3.63, 3.8) is 0 Å². The van der Waals surface area contributed by atoms with Crippen LogP contribution >= 0.6 is 0 Å². The Morgan fingerprint density at radius 3 is 2.79 bits per heavy atom. The van der Waals surface area contributed by atoms with Crippen molar-refractivity contribution in [2.75, 3.05) is 13.2 Å². The summed E-state index contributed by atoms with van der Waals surface area (Å²) in [5.41, 5.74) is 1.14. The number of nitrogens with zero attached hydrogens (tertiary/aromatic N) is 1. The fraction of sp³-hybridized carbons (Fsp3) is 0.400. The highest BCUT2D eigenvalue weighted by atomic mass is 16.5. The maximum atomic E-state index is 8.32. The lowest BCUT2D eigenvalue weighted by molar-refractivity contribution is -0.00548. The summed E-state index contributed by atoms with van der Waals surface area (Å²) >= 11 is 0. The molecule has 0 aliphatic carbocycles. The first-order valence-corrected chi connectivity index (χ1v) is 6.37. The zero-order valence-corrected chi connectivity index (χ0v) is 11.2. The van der Waals surface area contributed by atoms with Crippen LogP contribution in [0.15, 0.2) is 47.6 Å². The molecule has 4 nitrogen and oxygen atoms in total. The van der Waals surface area contributed by atoms with E-state index in [0.29, 0.717) is 13.2 Å². The van der Waals surface area contributed by atoms with E-state index in [1.165, 1.54) is 6.21 Å². The third-order valence-corrected chi connectivity index (χ3v) is 2.54. The molecule has 0 aliphatic rings. The smallest absolute Gasteiger partial charge is 0.0857 e. The number of rotatable bonds is 9. The Morgan fingerprint density at radius 1 is 1.32 bits per heavy atom. The van der Waals surface area contributed by atoms with Gasteiger partial charge >= 0.3 is 0 Å². The van der Waals surface area contributed by atoms with Crippen LogP contribution in [0, 0.1) is 0 Å². The molecule has 1 rings (SSSR count). The van der Waals surface area contributed by atoms with E-state index in [1.807, 2.05) is 49.4 Å². The van der Waals surface area contributed by atoms with E-state index in [-0.39, 0.29) is 12.7 Å². The first-order chi connectivity index (χ1) is 9.36. The van der Waals surface area contributed by atoms with Crippen molar-refractivity contribution in [2.24, 2.45) is 5.16 Å². The fourth-order valence-electron chi connectivity index (χ4n) is 1.57. The summed E-state index contributed by atoms with van der Waals surface area (Å²) < 4.78 is 11.2. The molecular formula is C15H21NO3. The molecule has 1 aromatic rings. The van der Waals surface area contributed by atoms with Gasteiger partial charge < -0.3 is 14.7 Å². The Hall–Kier alpha value is -1.65. The second-order valence-corrected chi connectivity index (χ2v) is 4.06. The van der Waals surface area contributed by atoms with E-state index in [4.69, 9.17) is 14.7 Å². The topological polar surface area (TPSA) is 51.0 Å². The van der Waals surface area contributed by atoms with Crippen LogP contribution in [0.5, 0.6) is 0 Å². The van der Waals surface area contributed by atoms with Gasteiger partial charge in [0.05, 0.1) is 32.1 Å². The first kappa shape index (κ1) is 15.4. The largest absolute Gasteiger partial charge is 0.411 e. The lowest BCUT2D eigenvalue weighted by Crippen LogP contribution is -2.20. The summed E-state index contributed by atoms with van der Waals surface area (Å²) in [5.74, 6) is 0. The molecule has 4 heteroatoms. The molecule has 0 radical (unpaired) electrons. The molecular weight excluding hydrogens is 242 g/mol. The normalized spacial score (nSPS) is 13.3. The van der Waals surface area contributed by atoms with Crippen LogP contribution in [0.1, 0.15) is 18.9 Å². The molecule has 0 aliphatic heterocycles. The molecule has 0 heterocycles. The number of ether oxygens (including phenoxy) is 2. The predicted octanol–water partition coefficient (Wildman–Crippen LogP) is 3.01. The van der Waals surface area contributed by atoms with Crippen molar-refractivity contribution in [1.82, 2.24) is 0 Å². The molecule has 0 bridgehead atoms. The van der Waals surface area contributed by atoms with Gasteiger partial charge in [0, 0.05) is 0 Å². The van der Waals surface area contributed by atoms with Gasteiger partial charge in [0.2, 0.25) is 0 Å². The van der Waals surface area contributed by atoms with Crippen LogP contribution in [0.25, 0.3) is 0 Å². The van der Waals surface area contributed by atoms with Gasteiger partial charge in [0.1, 0.15) is 0 Å². The van der Waals surface area contributed by atoms with Gasteiger partial charge in [-0.15, -0.1) is 0 Å². The highest BCUT2D eigenvalue weighted by molar-refractivity contribution is 5.57. The van der Waals surface area contributed by atoms with E-state index < -0.39 is 0 Å². The van der Waals surface area contributed by atoms with Crippen LogP contribution in [0.3, 0.4) is 0 Å². The Morgan fingerprint density at radius 2 is 2.11 bits per heavy atom. The minimum Gasteiger partial charge on any atom is -0.411 e. The highest BCUT2D eigenvalue weighted by Crippen LogP contribution is 2.05. The molecule has 104 valence electrons. The lowest BCUT2D eigenvalue weighted by atomic mass is 10.2. The van der Waals surface area contributed by atoms with Crippen LogP contribution in [0.2, 0.25) is 0 Å². The first-order valence-electron chi connectivity index (χ1n) is 6.37. The molecule has 1 aromatic carbocycles. The van der Waals surface area contributed by atoms with E-state index in [1.54, 1.807) is 0 Å². The second kappa shape index (κ2) is 10.3. The summed E-state index contributed by atoms with van der Waals surface area (Å²) in [6.45, 7) is 3.34. The van der Waals surface area contributed by atoms with Gasteiger partial charge in [-0.1, -0.05) is 47.6 Å². The molecule has 1 N–H and O–H groups in total. The van der Waals surface area contributed by atoms with Crippen molar-refractivity contribution in [2.45, 2.75) is 26.1 Å². The Bertz CT molecular complexity index is 376. The fourth-order valence-corrected chi connectivity index (χ4v) is 1.57. The highest BCUT2D eigenvalue weighted by Gasteiger charge is 2.07. The van der Waals surface area contributed by atoms with E-state index in [0.717, 1.165) is 12.0 Å². The third kappa shape index (κ3) is 7.39. The summed E-state index contributed by atoms with van der Waals surface area (Å²) in [6.07, 6.45) is 6.09. The standard InChI is InChI=1S/C15H21NO3/c1-2-3-9-15(19-11-10-16-17)13-18-12-14-7-5-4-6-8-14/h2-8,10,15,17H,9,11-13H2,1H3/b3-2+,16-10+/t15-/m1/s1. The molecule has 0 amide bonds.